The normalized spacial score (nSPS) is 12.6. The number of hydrogen-bond donors (Lipinski definition) is 0. The SMILES string of the molecule is CC/C=C\C/C=C\C/C=C\C/C=C\C/C=C\C/C=C\CCCCC(=O)OC(COC(=O)CCCCCCC/C=C\CCCC)COC(=O)CCCCCCCCCCCCCCCCCCCCCCCCC. The van der Waals surface area contributed by atoms with Crippen LogP contribution in [-0.4, -0.2) is 37.2 Å². The fourth-order valence-electron chi connectivity index (χ4n) is 8.72. The van der Waals surface area contributed by atoms with Crippen LogP contribution in [0.3, 0.4) is 0 Å². The maximum Gasteiger partial charge on any atom is 0.306 e. The van der Waals surface area contributed by atoms with Crippen molar-refractivity contribution in [3.63, 3.8) is 0 Å². The van der Waals surface area contributed by atoms with Gasteiger partial charge in [0.15, 0.2) is 6.10 Å². The molecule has 0 radical (unpaired) electrons. The molecule has 0 bridgehead atoms. The van der Waals surface area contributed by atoms with Crippen molar-refractivity contribution in [1.29, 1.82) is 0 Å². The van der Waals surface area contributed by atoms with E-state index in [-0.39, 0.29) is 37.5 Å². The molecule has 0 amide bonds. The standard InChI is InChI=1S/C67H116O6/c1-4-7-10-13-16-19-22-24-26-28-30-32-33-35-36-38-40-42-45-48-51-54-57-60-66(69)72-63-64(62-71-65(68)59-56-53-50-47-44-21-18-15-12-9-6-3)73-67(70)61-58-55-52-49-46-43-41-39-37-34-31-29-27-25-23-20-17-14-11-8-5-2/h8,11,15,17-18,20,25,27,31,34,39,41,46,49,64H,4-7,9-10,12-14,16,19,21-24,26,28-30,32-33,35-38,40,42-45,47-48,50-63H2,1-3H3/b11-8-,18-15-,20-17-,27-25-,34-31-,41-39-,49-46-. The van der Waals surface area contributed by atoms with Crippen molar-refractivity contribution in [2.45, 2.75) is 309 Å². The minimum absolute atomic E-state index is 0.0946. The number of carbonyl (C=O) groups is 3. The lowest BCUT2D eigenvalue weighted by molar-refractivity contribution is -0.167. The third-order valence-electron chi connectivity index (χ3n) is 13.4. The molecule has 0 rings (SSSR count). The molecule has 0 fully saturated rings. The zero-order valence-corrected chi connectivity index (χ0v) is 48.1. The molecular formula is C67H116O6. The zero-order chi connectivity index (χ0) is 52.9. The highest BCUT2D eigenvalue weighted by atomic mass is 16.6. The molecule has 420 valence electrons. The Morgan fingerprint density at radius 2 is 0.548 bits per heavy atom. The van der Waals surface area contributed by atoms with Crippen LogP contribution < -0.4 is 0 Å². The van der Waals surface area contributed by atoms with E-state index in [9.17, 15) is 14.4 Å². The molecule has 1 atom stereocenters. The quantitative estimate of drug-likeness (QED) is 0.0261. The van der Waals surface area contributed by atoms with Gasteiger partial charge < -0.3 is 14.2 Å². The summed E-state index contributed by atoms with van der Waals surface area (Å²) in [5, 5.41) is 0. The second-order valence-electron chi connectivity index (χ2n) is 20.6. The highest BCUT2D eigenvalue weighted by Gasteiger charge is 2.19. The van der Waals surface area contributed by atoms with Gasteiger partial charge in [-0.05, 0) is 89.9 Å². The largest absolute Gasteiger partial charge is 0.462 e. The van der Waals surface area contributed by atoms with Gasteiger partial charge >= 0.3 is 17.9 Å². The zero-order valence-electron chi connectivity index (χ0n) is 48.1. The molecule has 0 aromatic carbocycles. The van der Waals surface area contributed by atoms with Crippen molar-refractivity contribution >= 4 is 17.9 Å². The molecule has 0 aromatic rings. The molecule has 0 spiro atoms. The Hall–Kier alpha value is -3.41. The number of ether oxygens (including phenoxy) is 3. The Bertz CT molecular complexity index is 1400. The topological polar surface area (TPSA) is 78.9 Å². The maximum atomic E-state index is 12.9. The van der Waals surface area contributed by atoms with E-state index in [1.54, 1.807) is 0 Å². The van der Waals surface area contributed by atoms with Gasteiger partial charge in [-0.1, -0.05) is 279 Å². The van der Waals surface area contributed by atoms with Crippen molar-refractivity contribution in [2.75, 3.05) is 13.2 Å². The highest BCUT2D eigenvalue weighted by molar-refractivity contribution is 5.71. The third-order valence-corrected chi connectivity index (χ3v) is 13.4. The van der Waals surface area contributed by atoms with Gasteiger partial charge in [-0.25, -0.2) is 0 Å². The first-order chi connectivity index (χ1) is 36.0. The van der Waals surface area contributed by atoms with Crippen molar-refractivity contribution < 1.29 is 28.6 Å². The van der Waals surface area contributed by atoms with E-state index in [2.05, 4.69) is 106 Å². The molecule has 0 aliphatic carbocycles. The van der Waals surface area contributed by atoms with Crippen LogP contribution in [0.15, 0.2) is 85.1 Å². The minimum atomic E-state index is -0.802. The fourth-order valence-corrected chi connectivity index (χ4v) is 8.72. The van der Waals surface area contributed by atoms with E-state index >= 15 is 0 Å². The average molecular weight is 1020 g/mol. The van der Waals surface area contributed by atoms with Gasteiger partial charge in [-0.2, -0.15) is 0 Å². The first-order valence-corrected chi connectivity index (χ1v) is 31.1. The summed E-state index contributed by atoms with van der Waals surface area (Å²) >= 11 is 0. The summed E-state index contributed by atoms with van der Waals surface area (Å²) in [6, 6.07) is 0. The molecule has 0 aliphatic heterocycles. The fraction of sp³-hybridized carbons (Fsp3) is 0.746. The molecule has 0 heterocycles. The summed E-state index contributed by atoms with van der Waals surface area (Å²) in [6.45, 7) is 6.48. The number of carbonyl (C=O) groups excluding carboxylic acids is 3. The lowest BCUT2D eigenvalue weighted by atomic mass is 10.0. The molecule has 0 N–H and O–H groups in total. The van der Waals surface area contributed by atoms with E-state index in [4.69, 9.17) is 14.2 Å². The molecule has 73 heavy (non-hydrogen) atoms. The summed E-state index contributed by atoms with van der Waals surface area (Å²) in [6.07, 6.45) is 80.3. The molecule has 6 heteroatoms. The summed E-state index contributed by atoms with van der Waals surface area (Å²) < 4.78 is 16.8. The molecule has 1 unspecified atom stereocenters. The molecular weight excluding hydrogens is 901 g/mol. The highest BCUT2D eigenvalue weighted by Crippen LogP contribution is 2.17. The number of unbranched alkanes of at least 4 members (excludes halogenated alkanes) is 31. The Kier molecular flexibility index (Phi) is 58.3. The summed E-state index contributed by atoms with van der Waals surface area (Å²) in [7, 11) is 0. The third kappa shape index (κ3) is 59.3. The van der Waals surface area contributed by atoms with E-state index in [0.717, 1.165) is 103 Å². The summed E-state index contributed by atoms with van der Waals surface area (Å²) in [4.78, 5) is 38.2. The smallest absolute Gasteiger partial charge is 0.306 e. The molecule has 6 nitrogen and oxygen atoms in total. The van der Waals surface area contributed by atoms with Gasteiger partial charge in [0.2, 0.25) is 0 Å². The molecule has 0 saturated carbocycles. The van der Waals surface area contributed by atoms with Crippen LogP contribution in [0.4, 0.5) is 0 Å². The molecule has 0 aliphatic rings. The van der Waals surface area contributed by atoms with Crippen molar-refractivity contribution in [2.24, 2.45) is 0 Å². The second kappa shape index (κ2) is 61.1. The van der Waals surface area contributed by atoms with Crippen molar-refractivity contribution in [1.82, 2.24) is 0 Å². The minimum Gasteiger partial charge on any atom is -0.462 e. The summed E-state index contributed by atoms with van der Waals surface area (Å²) in [5.41, 5.74) is 0. The van der Waals surface area contributed by atoms with Crippen molar-refractivity contribution in [3.05, 3.63) is 85.1 Å². The van der Waals surface area contributed by atoms with Crippen LogP contribution >= 0.6 is 0 Å². The van der Waals surface area contributed by atoms with Gasteiger partial charge in [0.25, 0.3) is 0 Å². The van der Waals surface area contributed by atoms with Crippen LogP contribution in [0.25, 0.3) is 0 Å². The average Bonchev–Trinajstić information content (AvgIpc) is 3.39. The van der Waals surface area contributed by atoms with Gasteiger partial charge in [0.05, 0.1) is 0 Å². The van der Waals surface area contributed by atoms with Crippen LogP contribution in [0.2, 0.25) is 0 Å². The van der Waals surface area contributed by atoms with Gasteiger partial charge in [-0.15, -0.1) is 0 Å². The monoisotopic (exact) mass is 1020 g/mol. The Morgan fingerprint density at radius 1 is 0.288 bits per heavy atom. The second-order valence-corrected chi connectivity index (χ2v) is 20.6. The predicted octanol–water partition coefficient (Wildman–Crippen LogP) is 21.1. The maximum absolute atomic E-state index is 12.9. The van der Waals surface area contributed by atoms with Crippen LogP contribution in [0.1, 0.15) is 303 Å². The van der Waals surface area contributed by atoms with Gasteiger partial charge in [0.1, 0.15) is 13.2 Å². The van der Waals surface area contributed by atoms with E-state index in [0.29, 0.717) is 19.3 Å². The van der Waals surface area contributed by atoms with Gasteiger partial charge in [0, 0.05) is 19.3 Å². The van der Waals surface area contributed by atoms with Crippen LogP contribution in [0.5, 0.6) is 0 Å². The lowest BCUT2D eigenvalue weighted by Crippen LogP contribution is -2.30. The van der Waals surface area contributed by atoms with E-state index < -0.39 is 6.10 Å². The van der Waals surface area contributed by atoms with Crippen LogP contribution in [-0.2, 0) is 28.6 Å². The first kappa shape index (κ1) is 69.6. The van der Waals surface area contributed by atoms with E-state index in [1.165, 1.54) is 154 Å². The van der Waals surface area contributed by atoms with Crippen molar-refractivity contribution in [3.8, 4) is 0 Å². The van der Waals surface area contributed by atoms with Gasteiger partial charge in [-0.3, -0.25) is 14.4 Å². The number of allylic oxidation sites excluding steroid dienone is 14. The Balaban J connectivity index is 4.34. The Morgan fingerprint density at radius 3 is 0.918 bits per heavy atom. The summed E-state index contributed by atoms with van der Waals surface area (Å²) in [5.74, 6) is -0.939. The molecule has 0 aromatic heterocycles. The van der Waals surface area contributed by atoms with Crippen LogP contribution in [0, 0.1) is 0 Å². The number of rotatable bonds is 56. The first-order valence-electron chi connectivity index (χ1n) is 31.1. The predicted molar refractivity (Wildman–Crippen MR) is 316 cm³/mol. The van der Waals surface area contributed by atoms with E-state index in [1.807, 2.05) is 0 Å². The number of hydrogen-bond acceptors (Lipinski definition) is 6. The molecule has 0 saturated heterocycles. The Labute approximate surface area is 452 Å². The number of esters is 3. The lowest BCUT2D eigenvalue weighted by Gasteiger charge is -2.18.